The molecule has 178 valence electrons. The van der Waals surface area contributed by atoms with Crippen molar-refractivity contribution >= 4 is 17.8 Å². The molecular formula is C24H43N3O4. The molecule has 1 unspecified atom stereocenters. The van der Waals surface area contributed by atoms with Gasteiger partial charge in [0.05, 0.1) is 7.11 Å². The van der Waals surface area contributed by atoms with E-state index in [4.69, 9.17) is 6.57 Å². The molecule has 31 heavy (non-hydrogen) atoms. The SMILES string of the molecule is [C-]#[N+]CCCCCC(=O)NCCCCCCCCCCNC(=O)CC(C)CC(=O)OC. The van der Waals surface area contributed by atoms with E-state index in [9.17, 15) is 14.4 Å². The summed E-state index contributed by atoms with van der Waals surface area (Å²) in [5, 5.41) is 5.90. The number of nitrogens with one attached hydrogen (secondary N) is 2. The van der Waals surface area contributed by atoms with E-state index >= 15 is 0 Å². The minimum atomic E-state index is -0.273. The second-order valence-corrected chi connectivity index (χ2v) is 8.31. The first-order valence-corrected chi connectivity index (χ1v) is 11.9. The molecule has 0 aliphatic carbocycles. The molecule has 0 radical (unpaired) electrons. The zero-order valence-electron chi connectivity index (χ0n) is 19.7. The van der Waals surface area contributed by atoms with E-state index < -0.39 is 0 Å². The minimum Gasteiger partial charge on any atom is -0.469 e. The van der Waals surface area contributed by atoms with Crippen LogP contribution < -0.4 is 10.6 Å². The summed E-state index contributed by atoms with van der Waals surface area (Å²) in [6, 6.07) is 0. The number of hydrogen-bond acceptors (Lipinski definition) is 4. The molecule has 0 saturated heterocycles. The van der Waals surface area contributed by atoms with Crippen molar-refractivity contribution in [3.63, 3.8) is 0 Å². The van der Waals surface area contributed by atoms with Crippen LogP contribution in [0.15, 0.2) is 0 Å². The molecule has 0 bridgehead atoms. The number of rotatable bonds is 20. The maximum Gasteiger partial charge on any atom is 0.305 e. The van der Waals surface area contributed by atoms with Gasteiger partial charge in [-0.1, -0.05) is 45.4 Å². The minimum absolute atomic E-state index is 0.00171. The van der Waals surface area contributed by atoms with E-state index in [2.05, 4.69) is 20.2 Å². The van der Waals surface area contributed by atoms with Crippen molar-refractivity contribution in [3.05, 3.63) is 11.4 Å². The van der Waals surface area contributed by atoms with E-state index in [1.54, 1.807) is 0 Å². The van der Waals surface area contributed by atoms with Crippen LogP contribution >= 0.6 is 0 Å². The normalized spacial score (nSPS) is 11.4. The molecule has 0 aliphatic rings. The molecule has 7 heteroatoms. The Kier molecular flexibility index (Phi) is 19.7. The zero-order chi connectivity index (χ0) is 23.2. The standard InChI is InChI=1S/C24H43N3O4/c1-21(20-24(30)31-3)19-23(29)27-18-14-9-7-5-4-6-8-13-17-26-22(28)15-11-10-12-16-25-2/h21H,4-20H2,1,3H3,(H,26,28)(H,27,29). The molecule has 0 aromatic carbocycles. The summed E-state index contributed by atoms with van der Waals surface area (Å²) in [5.74, 6) is -0.136. The number of carbonyl (C=O) groups is 3. The predicted molar refractivity (Wildman–Crippen MR) is 123 cm³/mol. The van der Waals surface area contributed by atoms with E-state index in [-0.39, 0.29) is 30.1 Å². The van der Waals surface area contributed by atoms with Crippen molar-refractivity contribution in [2.24, 2.45) is 5.92 Å². The van der Waals surface area contributed by atoms with E-state index in [0.717, 1.165) is 51.5 Å². The molecule has 0 saturated carbocycles. The van der Waals surface area contributed by atoms with Crippen molar-refractivity contribution in [1.82, 2.24) is 10.6 Å². The zero-order valence-corrected chi connectivity index (χ0v) is 19.7. The fourth-order valence-corrected chi connectivity index (χ4v) is 3.34. The van der Waals surface area contributed by atoms with Crippen LogP contribution in [0.3, 0.4) is 0 Å². The lowest BCUT2D eigenvalue weighted by molar-refractivity contribution is -0.141. The Balaban J connectivity index is 3.34. The van der Waals surface area contributed by atoms with Gasteiger partial charge in [0, 0.05) is 38.8 Å². The third-order valence-electron chi connectivity index (χ3n) is 5.20. The second-order valence-electron chi connectivity index (χ2n) is 8.31. The highest BCUT2D eigenvalue weighted by molar-refractivity contribution is 5.77. The Morgan fingerprint density at radius 3 is 1.84 bits per heavy atom. The molecule has 0 aliphatic heterocycles. The summed E-state index contributed by atoms with van der Waals surface area (Å²) in [4.78, 5) is 38.0. The third kappa shape index (κ3) is 20.9. The lowest BCUT2D eigenvalue weighted by Crippen LogP contribution is -2.26. The number of amides is 2. The molecule has 0 spiro atoms. The number of nitrogens with zero attached hydrogens (tertiary/aromatic N) is 1. The van der Waals surface area contributed by atoms with Gasteiger partial charge >= 0.3 is 5.97 Å². The Labute approximate surface area is 188 Å². The number of methoxy groups -OCH3 is 1. The van der Waals surface area contributed by atoms with Gasteiger partial charge in [0.25, 0.3) is 0 Å². The summed E-state index contributed by atoms with van der Waals surface area (Å²) in [6.07, 6.45) is 13.0. The molecule has 2 N–H and O–H groups in total. The maximum atomic E-state index is 11.8. The topological polar surface area (TPSA) is 88.9 Å². The van der Waals surface area contributed by atoms with Gasteiger partial charge in [0.1, 0.15) is 0 Å². The third-order valence-corrected chi connectivity index (χ3v) is 5.20. The van der Waals surface area contributed by atoms with Gasteiger partial charge in [-0.3, -0.25) is 14.4 Å². The van der Waals surface area contributed by atoms with Gasteiger partial charge in [-0.05, 0) is 31.6 Å². The van der Waals surface area contributed by atoms with Gasteiger partial charge in [-0.15, -0.1) is 0 Å². The summed E-state index contributed by atoms with van der Waals surface area (Å²) < 4.78 is 4.61. The maximum absolute atomic E-state index is 11.8. The summed E-state index contributed by atoms with van der Waals surface area (Å²) >= 11 is 0. The number of esters is 1. The van der Waals surface area contributed by atoms with Crippen molar-refractivity contribution in [1.29, 1.82) is 0 Å². The Hall–Kier alpha value is -2.10. The smallest absolute Gasteiger partial charge is 0.305 e. The monoisotopic (exact) mass is 437 g/mol. The van der Waals surface area contributed by atoms with Gasteiger partial charge in [-0.25, -0.2) is 6.57 Å². The lowest BCUT2D eigenvalue weighted by atomic mass is 10.0. The fourth-order valence-electron chi connectivity index (χ4n) is 3.34. The number of hydrogen-bond donors (Lipinski definition) is 2. The van der Waals surface area contributed by atoms with Gasteiger partial charge in [-0.2, -0.15) is 0 Å². The molecule has 7 nitrogen and oxygen atoms in total. The highest BCUT2D eigenvalue weighted by atomic mass is 16.5. The predicted octanol–water partition coefficient (Wildman–Crippen LogP) is 4.41. The van der Waals surface area contributed by atoms with Crippen LogP contribution in [-0.2, 0) is 19.1 Å². The van der Waals surface area contributed by atoms with Crippen LogP contribution in [0.2, 0.25) is 0 Å². The average Bonchev–Trinajstić information content (AvgIpc) is 2.74. The lowest BCUT2D eigenvalue weighted by Gasteiger charge is -2.10. The van der Waals surface area contributed by atoms with Crippen LogP contribution in [-0.4, -0.2) is 44.5 Å². The number of carbonyl (C=O) groups excluding carboxylic acids is 3. The summed E-state index contributed by atoms with van der Waals surface area (Å²) in [7, 11) is 1.36. The van der Waals surface area contributed by atoms with Gasteiger partial charge < -0.3 is 20.2 Å². The van der Waals surface area contributed by atoms with Crippen molar-refractivity contribution in [3.8, 4) is 0 Å². The molecule has 0 aromatic heterocycles. The molecule has 0 heterocycles. The highest BCUT2D eigenvalue weighted by Crippen LogP contribution is 2.10. The first-order valence-electron chi connectivity index (χ1n) is 11.9. The summed E-state index contributed by atoms with van der Waals surface area (Å²) in [6.45, 7) is 10.6. The quantitative estimate of drug-likeness (QED) is 0.168. The Morgan fingerprint density at radius 1 is 0.774 bits per heavy atom. The second kappa shape index (κ2) is 21.1. The first-order chi connectivity index (χ1) is 15.0. The average molecular weight is 438 g/mol. The first kappa shape index (κ1) is 28.9. The Bertz CT molecular complexity index is 531. The van der Waals surface area contributed by atoms with Crippen molar-refractivity contribution in [2.75, 3.05) is 26.7 Å². The fraction of sp³-hybridized carbons (Fsp3) is 0.833. The molecular weight excluding hydrogens is 394 g/mol. The van der Waals surface area contributed by atoms with Crippen molar-refractivity contribution < 1.29 is 19.1 Å². The summed E-state index contributed by atoms with van der Waals surface area (Å²) in [5.41, 5.74) is 0. The van der Waals surface area contributed by atoms with E-state index in [1.807, 2.05) is 6.92 Å². The van der Waals surface area contributed by atoms with E-state index in [0.29, 0.717) is 25.9 Å². The van der Waals surface area contributed by atoms with Crippen LogP contribution in [0.4, 0.5) is 0 Å². The van der Waals surface area contributed by atoms with Crippen LogP contribution in [0.1, 0.15) is 96.8 Å². The highest BCUT2D eigenvalue weighted by Gasteiger charge is 2.13. The van der Waals surface area contributed by atoms with Gasteiger partial charge in [0.2, 0.25) is 18.4 Å². The van der Waals surface area contributed by atoms with Crippen LogP contribution in [0.25, 0.3) is 4.85 Å². The molecule has 1 atom stereocenters. The molecule has 0 aromatic rings. The number of unbranched alkanes of at least 4 members (excludes halogenated alkanes) is 9. The largest absolute Gasteiger partial charge is 0.469 e. The van der Waals surface area contributed by atoms with Crippen molar-refractivity contribution in [2.45, 2.75) is 96.8 Å². The molecule has 0 fully saturated rings. The van der Waals surface area contributed by atoms with E-state index in [1.165, 1.54) is 32.8 Å². The van der Waals surface area contributed by atoms with Crippen LogP contribution in [0, 0.1) is 12.5 Å². The van der Waals surface area contributed by atoms with Gasteiger partial charge in [0.15, 0.2) is 0 Å². The Morgan fingerprint density at radius 2 is 1.29 bits per heavy atom. The van der Waals surface area contributed by atoms with Crippen LogP contribution in [0.5, 0.6) is 0 Å². The molecule has 2 amide bonds. The molecule has 0 rings (SSSR count). The number of ether oxygens (including phenoxy) is 1.